The number of anilines is 1. The van der Waals surface area contributed by atoms with Crippen LogP contribution in [-0.2, 0) is 0 Å². The number of aromatic hydroxyl groups is 1. The van der Waals surface area contributed by atoms with Crippen molar-refractivity contribution in [3.63, 3.8) is 0 Å². The van der Waals surface area contributed by atoms with E-state index in [1.165, 1.54) is 5.01 Å². The molecule has 1 amide bonds. The number of phenols is 1. The Morgan fingerprint density at radius 2 is 1.71 bits per heavy atom. The summed E-state index contributed by atoms with van der Waals surface area (Å²) < 4.78 is 0. The van der Waals surface area contributed by atoms with Gasteiger partial charge >= 0.3 is 0 Å². The van der Waals surface area contributed by atoms with Crippen molar-refractivity contribution < 1.29 is 9.90 Å². The summed E-state index contributed by atoms with van der Waals surface area (Å²) in [4.78, 5) is 13.2. The van der Waals surface area contributed by atoms with Crippen molar-refractivity contribution in [2.75, 3.05) is 5.32 Å². The zero-order chi connectivity index (χ0) is 19.7. The standard InChI is InChI=1S/C22H18ClN3O2/c1-14(17-6-3-5-9-20(17)27)25-26-21(15-10-12-16(23)13-11-15)24-19-8-4-2-7-18(19)22(26)28/h2-13,21,24,27H,1H3/t21-/m1/s1. The van der Waals surface area contributed by atoms with Crippen LogP contribution >= 0.6 is 11.6 Å². The molecule has 0 spiro atoms. The van der Waals surface area contributed by atoms with E-state index in [9.17, 15) is 9.90 Å². The molecule has 0 fully saturated rings. The molecule has 0 bridgehead atoms. The first-order valence-electron chi connectivity index (χ1n) is 8.83. The predicted molar refractivity (Wildman–Crippen MR) is 111 cm³/mol. The van der Waals surface area contributed by atoms with Gasteiger partial charge in [0.2, 0.25) is 0 Å². The van der Waals surface area contributed by atoms with Gasteiger partial charge < -0.3 is 10.4 Å². The highest BCUT2D eigenvalue weighted by atomic mass is 35.5. The number of benzene rings is 3. The van der Waals surface area contributed by atoms with Gasteiger partial charge in [-0.05, 0) is 48.9 Å². The van der Waals surface area contributed by atoms with Gasteiger partial charge in [0.15, 0.2) is 6.17 Å². The maximum absolute atomic E-state index is 13.2. The number of nitrogens with one attached hydrogen (secondary N) is 1. The van der Waals surface area contributed by atoms with Crippen LogP contribution in [0.2, 0.25) is 5.02 Å². The van der Waals surface area contributed by atoms with Gasteiger partial charge in [0, 0.05) is 16.3 Å². The van der Waals surface area contributed by atoms with Crippen molar-refractivity contribution in [3.05, 3.63) is 94.5 Å². The second-order valence-corrected chi connectivity index (χ2v) is 6.93. The van der Waals surface area contributed by atoms with Crippen LogP contribution in [0.25, 0.3) is 0 Å². The van der Waals surface area contributed by atoms with Crippen molar-refractivity contribution in [1.29, 1.82) is 0 Å². The maximum atomic E-state index is 13.2. The van der Waals surface area contributed by atoms with Gasteiger partial charge in [-0.15, -0.1) is 0 Å². The zero-order valence-corrected chi connectivity index (χ0v) is 15.9. The summed E-state index contributed by atoms with van der Waals surface area (Å²) in [6.45, 7) is 1.77. The van der Waals surface area contributed by atoms with E-state index in [1.54, 1.807) is 43.3 Å². The van der Waals surface area contributed by atoms with E-state index < -0.39 is 6.17 Å². The Bertz CT molecular complexity index is 1060. The molecule has 0 aliphatic carbocycles. The molecule has 1 atom stereocenters. The quantitative estimate of drug-likeness (QED) is 0.615. The largest absolute Gasteiger partial charge is 0.507 e. The van der Waals surface area contributed by atoms with Crippen LogP contribution in [0, 0.1) is 0 Å². The van der Waals surface area contributed by atoms with Crippen LogP contribution in [0.15, 0.2) is 77.9 Å². The van der Waals surface area contributed by atoms with Crippen LogP contribution in [0.1, 0.15) is 34.6 Å². The zero-order valence-electron chi connectivity index (χ0n) is 15.1. The molecule has 6 heteroatoms. The Morgan fingerprint density at radius 1 is 1.04 bits per heavy atom. The van der Waals surface area contributed by atoms with Crippen LogP contribution < -0.4 is 5.32 Å². The van der Waals surface area contributed by atoms with Crippen LogP contribution in [0.4, 0.5) is 5.69 Å². The molecule has 28 heavy (non-hydrogen) atoms. The summed E-state index contributed by atoms with van der Waals surface area (Å²) >= 11 is 6.02. The number of carbonyl (C=O) groups is 1. The lowest BCUT2D eigenvalue weighted by molar-refractivity contribution is 0.0689. The summed E-state index contributed by atoms with van der Waals surface area (Å²) in [5.41, 5.74) is 3.25. The van der Waals surface area contributed by atoms with Gasteiger partial charge in [0.1, 0.15) is 5.75 Å². The Hall–Kier alpha value is -3.31. The molecular weight excluding hydrogens is 374 g/mol. The van der Waals surface area contributed by atoms with Gasteiger partial charge in [-0.1, -0.05) is 48.0 Å². The minimum absolute atomic E-state index is 0.115. The summed E-state index contributed by atoms with van der Waals surface area (Å²) in [6.07, 6.45) is -0.500. The summed E-state index contributed by atoms with van der Waals surface area (Å²) in [5.74, 6) is -0.103. The molecule has 1 heterocycles. The van der Waals surface area contributed by atoms with Gasteiger partial charge in [-0.3, -0.25) is 4.79 Å². The molecule has 0 saturated carbocycles. The lowest BCUT2D eigenvalue weighted by Gasteiger charge is -2.35. The molecule has 0 unspecified atom stereocenters. The Kier molecular flexibility index (Phi) is 4.75. The summed E-state index contributed by atoms with van der Waals surface area (Å²) in [7, 11) is 0. The molecule has 3 aromatic carbocycles. The Labute approximate surface area is 167 Å². The molecule has 0 saturated heterocycles. The highest BCUT2D eigenvalue weighted by Crippen LogP contribution is 2.34. The second kappa shape index (κ2) is 7.37. The highest BCUT2D eigenvalue weighted by molar-refractivity contribution is 6.30. The SMILES string of the molecule is CC(=NN1C(=O)c2ccccc2N[C@H]1c1ccc(Cl)cc1)c1ccccc1O. The summed E-state index contributed by atoms with van der Waals surface area (Å²) in [5, 5.41) is 20.1. The maximum Gasteiger partial charge on any atom is 0.278 e. The third kappa shape index (κ3) is 3.32. The average Bonchev–Trinajstić information content (AvgIpc) is 2.71. The fourth-order valence-electron chi connectivity index (χ4n) is 3.21. The fourth-order valence-corrected chi connectivity index (χ4v) is 3.34. The van der Waals surface area contributed by atoms with Crippen LogP contribution in [-0.4, -0.2) is 21.7 Å². The van der Waals surface area contributed by atoms with E-state index in [1.807, 2.05) is 36.4 Å². The Balaban J connectivity index is 1.81. The topological polar surface area (TPSA) is 64.9 Å². The number of halogens is 1. The number of hydrogen-bond acceptors (Lipinski definition) is 4. The van der Waals surface area contributed by atoms with E-state index in [4.69, 9.17) is 11.6 Å². The van der Waals surface area contributed by atoms with E-state index in [-0.39, 0.29) is 11.7 Å². The first kappa shape index (κ1) is 18.1. The fraction of sp³-hybridized carbons (Fsp3) is 0.0909. The number of nitrogens with zero attached hydrogens (tertiary/aromatic N) is 2. The molecule has 0 radical (unpaired) electrons. The molecule has 4 rings (SSSR count). The van der Waals surface area contributed by atoms with Crippen molar-refractivity contribution in [3.8, 4) is 5.75 Å². The molecule has 2 N–H and O–H groups in total. The van der Waals surface area contributed by atoms with Crippen molar-refractivity contribution in [2.24, 2.45) is 5.10 Å². The number of phenolic OH excluding ortho intramolecular Hbond substituents is 1. The normalized spacial score (nSPS) is 16.5. The van der Waals surface area contributed by atoms with Gasteiger partial charge in [-0.25, -0.2) is 5.01 Å². The molecule has 0 aromatic heterocycles. The molecule has 5 nitrogen and oxygen atoms in total. The second-order valence-electron chi connectivity index (χ2n) is 6.50. The van der Waals surface area contributed by atoms with Gasteiger partial charge in [-0.2, -0.15) is 5.10 Å². The predicted octanol–water partition coefficient (Wildman–Crippen LogP) is 5.04. The monoisotopic (exact) mass is 391 g/mol. The number of fused-ring (bicyclic) bond motifs is 1. The lowest BCUT2D eigenvalue weighted by Crippen LogP contribution is -2.40. The molecule has 1 aliphatic heterocycles. The van der Waals surface area contributed by atoms with E-state index >= 15 is 0 Å². The van der Waals surface area contributed by atoms with Gasteiger partial charge in [0.25, 0.3) is 5.91 Å². The van der Waals surface area contributed by atoms with Crippen molar-refractivity contribution in [1.82, 2.24) is 5.01 Å². The Morgan fingerprint density at radius 3 is 2.46 bits per heavy atom. The first-order chi connectivity index (χ1) is 13.5. The number of amides is 1. The minimum Gasteiger partial charge on any atom is -0.507 e. The smallest absolute Gasteiger partial charge is 0.278 e. The summed E-state index contributed by atoms with van der Waals surface area (Å²) in [6, 6.07) is 21.5. The molecule has 140 valence electrons. The number of hydrogen-bond donors (Lipinski definition) is 2. The number of hydrazone groups is 1. The molecular formula is C22H18ClN3O2. The van der Waals surface area contributed by atoms with Crippen molar-refractivity contribution >= 4 is 28.9 Å². The lowest BCUT2D eigenvalue weighted by atomic mass is 10.0. The minimum atomic E-state index is -0.500. The molecule has 1 aliphatic rings. The number of carbonyl (C=O) groups excluding carboxylic acids is 1. The van der Waals surface area contributed by atoms with E-state index in [0.29, 0.717) is 21.9 Å². The molecule has 3 aromatic rings. The van der Waals surface area contributed by atoms with Crippen LogP contribution in [0.3, 0.4) is 0 Å². The van der Waals surface area contributed by atoms with E-state index in [0.717, 1.165) is 11.3 Å². The highest BCUT2D eigenvalue weighted by Gasteiger charge is 2.33. The van der Waals surface area contributed by atoms with E-state index in [2.05, 4.69) is 10.4 Å². The first-order valence-corrected chi connectivity index (χ1v) is 9.20. The van der Waals surface area contributed by atoms with Gasteiger partial charge in [0.05, 0.1) is 11.3 Å². The van der Waals surface area contributed by atoms with Crippen LogP contribution in [0.5, 0.6) is 5.75 Å². The number of rotatable bonds is 3. The van der Waals surface area contributed by atoms with Crippen molar-refractivity contribution in [2.45, 2.75) is 13.1 Å². The number of para-hydroxylation sites is 2. The third-order valence-corrected chi connectivity index (χ3v) is 4.89. The third-order valence-electron chi connectivity index (χ3n) is 4.64. The average molecular weight is 392 g/mol.